The number of nitrogens with zero attached hydrogens (tertiary/aromatic N) is 6. The normalized spacial score (nSPS) is 18.8. The fraction of sp³-hybridized carbons (Fsp3) is 0.312. The van der Waals surface area contributed by atoms with Crippen molar-refractivity contribution in [3.05, 3.63) is 82.8 Å². The lowest BCUT2D eigenvalue weighted by atomic mass is 9.96. The number of fused-ring (bicyclic) bond motifs is 1. The number of hydrogen-bond acceptors (Lipinski definition) is 7. The highest BCUT2D eigenvalue weighted by Gasteiger charge is 2.30. The highest BCUT2D eigenvalue weighted by Crippen LogP contribution is 2.35. The van der Waals surface area contributed by atoms with Gasteiger partial charge >= 0.3 is 0 Å². The minimum Gasteiger partial charge on any atom is -0.352 e. The van der Waals surface area contributed by atoms with Gasteiger partial charge in [0, 0.05) is 35.3 Å². The van der Waals surface area contributed by atoms with Crippen LogP contribution in [0.4, 0.5) is 5.82 Å². The van der Waals surface area contributed by atoms with Crippen molar-refractivity contribution in [2.75, 3.05) is 11.9 Å². The number of aryl methyl sites for hydroxylation is 2. The van der Waals surface area contributed by atoms with Gasteiger partial charge in [-0.25, -0.2) is 9.97 Å². The number of allylic oxidation sites excluding steroid dienone is 3. The summed E-state index contributed by atoms with van der Waals surface area (Å²) in [6.07, 6.45) is 13.7. The number of carbonyl (C=O) groups excluding carboxylic acids is 1. The molecule has 1 amide bonds. The Hall–Kier alpha value is -4.46. The lowest BCUT2D eigenvalue weighted by Crippen LogP contribution is -2.33. The average molecular weight is 530 g/mol. The zero-order valence-corrected chi connectivity index (χ0v) is 22.8. The van der Waals surface area contributed by atoms with Gasteiger partial charge in [-0.2, -0.15) is 0 Å². The second-order valence-corrected chi connectivity index (χ2v) is 11.1. The molecule has 2 aliphatic carbocycles. The minimum absolute atomic E-state index is 0.308. The lowest BCUT2D eigenvalue weighted by molar-refractivity contribution is 0.102. The largest absolute Gasteiger partial charge is 0.352 e. The third-order valence-corrected chi connectivity index (χ3v) is 8.10. The summed E-state index contributed by atoms with van der Waals surface area (Å²) in [6, 6.07) is 12.2. The van der Waals surface area contributed by atoms with Crippen molar-refractivity contribution in [2.24, 2.45) is 21.1 Å². The Bertz CT molecular complexity index is 1690. The van der Waals surface area contributed by atoms with E-state index in [1.54, 1.807) is 12.4 Å². The summed E-state index contributed by atoms with van der Waals surface area (Å²) in [6.45, 7) is 4.79. The predicted octanol–water partition coefficient (Wildman–Crippen LogP) is 5.86. The van der Waals surface area contributed by atoms with Crippen LogP contribution in [0.5, 0.6) is 0 Å². The van der Waals surface area contributed by atoms with Gasteiger partial charge in [0.2, 0.25) is 0 Å². The summed E-state index contributed by atoms with van der Waals surface area (Å²) >= 11 is 0. The van der Waals surface area contributed by atoms with Gasteiger partial charge in [-0.3, -0.25) is 9.79 Å². The van der Waals surface area contributed by atoms with Gasteiger partial charge < -0.3 is 10.2 Å². The van der Waals surface area contributed by atoms with E-state index in [0.717, 1.165) is 45.3 Å². The van der Waals surface area contributed by atoms with E-state index < -0.39 is 0 Å². The van der Waals surface area contributed by atoms with E-state index in [1.165, 1.54) is 31.4 Å². The summed E-state index contributed by atoms with van der Waals surface area (Å²) in [5, 5.41) is 12.5. The summed E-state index contributed by atoms with van der Waals surface area (Å²) in [5.41, 5.74) is 8.03. The fourth-order valence-corrected chi connectivity index (χ4v) is 5.30. The van der Waals surface area contributed by atoms with E-state index in [9.17, 15) is 4.79 Å². The van der Waals surface area contributed by atoms with E-state index in [2.05, 4.69) is 58.6 Å². The molecule has 0 unspecified atom stereocenters. The minimum atomic E-state index is -0.308. The first-order chi connectivity index (χ1) is 19.5. The van der Waals surface area contributed by atoms with Gasteiger partial charge in [-0.1, -0.05) is 30.4 Å². The zero-order chi connectivity index (χ0) is 27.2. The van der Waals surface area contributed by atoms with Gasteiger partial charge in [0.15, 0.2) is 0 Å². The van der Waals surface area contributed by atoms with Crippen LogP contribution in [0.15, 0.2) is 69.9 Å². The smallest absolute Gasteiger partial charge is 0.275 e. The standard InChI is InChI=1S/C32H31N7O/c1-19-9-14-24-25(22-5-3-6-26(33-16-22)21-10-11-21)15-28(36-31(24)20(19)2)32(40)37-30-8-4-7-27(35-30)29-17-39(18-34-38-29)23-12-13-23/h3-5,7-9,14-16,18,21,23H,6,10-13,17H2,1-2H3,(H,35,37,40). The van der Waals surface area contributed by atoms with Gasteiger partial charge in [0.1, 0.15) is 23.6 Å². The number of carbonyl (C=O) groups is 1. The number of pyridine rings is 2. The molecule has 40 heavy (non-hydrogen) atoms. The van der Waals surface area contributed by atoms with E-state index in [4.69, 9.17) is 15.0 Å². The molecular weight excluding hydrogens is 498 g/mol. The Balaban J connectivity index is 1.22. The summed E-state index contributed by atoms with van der Waals surface area (Å²) in [5.74, 6) is 0.763. The number of aliphatic imine (C=N–C) groups is 1. The van der Waals surface area contributed by atoms with Crippen molar-refractivity contribution in [3.8, 4) is 0 Å². The van der Waals surface area contributed by atoms with E-state index in [0.29, 0.717) is 35.7 Å². The van der Waals surface area contributed by atoms with Gasteiger partial charge in [0.25, 0.3) is 5.91 Å². The second kappa shape index (κ2) is 9.93. The first-order valence-corrected chi connectivity index (χ1v) is 14.0. The number of amides is 1. The van der Waals surface area contributed by atoms with E-state index in [1.807, 2.05) is 24.4 Å². The Kier molecular flexibility index (Phi) is 6.10. The molecule has 0 bridgehead atoms. The Labute approximate surface area is 233 Å². The van der Waals surface area contributed by atoms with Crippen LogP contribution in [0.2, 0.25) is 0 Å². The molecule has 2 saturated carbocycles. The molecule has 0 saturated heterocycles. The van der Waals surface area contributed by atoms with Crippen LogP contribution >= 0.6 is 0 Å². The predicted molar refractivity (Wildman–Crippen MR) is 160 cm³/mol. The van der Waals surface area contributed by atoms with Crippen LogP contribution in [0, 0.1) is 19.8 Å². The Morgan fingerprint density at radius 1 is 1.05 bits per heavy atom. The second-order valence-electron chi connectivity index (χ2n) is 11.1. The van der Waals surface area contributed by atoms with Gasteiger partial charge in [-0.15, -0.1) is 10.2 Å². The first kappa shape index (κ1) is 24.6. The van der Waals surface area contributed by atoms with Crippen molar-refractivity contribution < 1.29 is 4.79 Å². The van der Waals surface area contributed by atoms with Gasteiger partial charge in [-0.05, 0) is 80.3 Å². The molecule has 4 heterocycles. The molecule has 8 nitrogen and oxygen atoms in total. The van der Waals surface area contributed by atoms with Crippen LogP contribution in [-0.2, 0) is 0 Å². The van der Waals surface area contributed by atoms with Crippen LogP contribution in [0.25, 0.3) is 16.5 Å². The molecule has 200 valence electrons. The van der Waals surface area contributed by atoms with Crippen LogP contribution in [-0.4, -0.2) is 51.1 Å². The molecule has 2 fully saturated rings. The van der Waals surface area contributed by atoms with E-state index in [-0.39, 0.29) is 5.91 Å². The summed E-state index contributed by atoms with van der Waals surface area (Å²) in [4.78, 5) is 30.2. The van der Waals surface area contributed by atoms with Crippen LogP contribution in [0.1, 0.15) is 65.0 Å². The lowest BCUT2D eigenvalue weighted by Gasteiger charge is -2.21. The number of hydrogen-bond donors (Lipinski definition) is 1. The molecule has 1 N–H and O–H groups in total. The molecule has 2 aromatic heterocycles. The molecule has 8 heteroatoms. The zero-order valence-electron chi connectivity index (χ0n) is 22.8. The number of nitrogens with one attached hydrogen (secondary N) is 1. The summed E-state index contributed by atoms with van der Waals surface area (Å²) < 4.78 is 0. The fourth-order valence-electron chi connectivity index (χ4n) is 5.30. The highest BCUT2D eigenvalue weighted by atomic mass is 16.1. The Morgan fingerprint density at radius 3 is 2.75 bits per heavy atom. The van der Waals surface area contributed by atoms with Crippen molar-refractivity contribution in [1.29, 1.82) is 0 Å². The number of aromatic nitrogens is 2. The van der Waals surface area contributed by atoms with E-state index >= 15 is 0 Å². The molecule has 7 rings (SSSR count). The SMILES string of the molecule is Cc1ccc2c(C3=CN=C(C4CC4)CC=C3)cc(C(=O)Nc3cccc(C4=NN=CN(C5CC5)C4)n3)nc2c1C. The van der Waals surface area contributed by atoms with Gasteiger partial charge in [0.05, 0.1) is 17.8 Å². The van der Waals surface area contributed by atoms with Crippen molar-refractivity contribution >= 4 is 46.0 Å². The van der Waals surface area contributed by atoms with Crippen molar-refractivity contribution in [1.82, 2.24) is 14.9 Å². The first-order valence-electron chi connectivity index (χ1n) is 14.0. The third kappa shape index (κ3) is 4.85. The van der Waals surface area contributed by atoms with Crippen molar-refractivity contribution in [3.63, 3.8) is 0 Å². The van der Waals surface area contributed by atoms with Crippen molar-refractivity contribution in [2.45, 2.75) is 52.0 Å². The number of benzene rings is 1. The summed E-state index contributed by atoms with van der Waals surface area (Å²) in [7, 11) is 0. The molecule has 3 aromatic rings. The maximum absolute atomic E-state index is 13.6. The third-order valence-electron chi connectivity index (χ3n) is 8.10. The maximum Gasteiger partial charge on any atom is 0.275 e. The molecule has 0 radical (unpaired) electrons. The number of anilines is 1. The monoisotopic (exact) mass is 529 g/mol. The molecule has 1 aromatic carbocycles. The molecule has 2 aliphatic heterocycles. The Morgan fingerprint density at radius 2 is 1.93 bits per heavy atom. The number of rotatable bonds is 6. The maximum atomic E-state index is 13.6. The molecule has 0 spiro atoms. The molecule has 0 atom stereocenters. The molecule has 4 aliphatic rings. The topological polar surface area (TPSA) is 95.2 Å². The highest BCUT2D eigenvalue weighted by molar-refractivity contribution is 6.07. The molecular formula is C32H31N7O. The van der Waals surface area contributed by atoms with Crippen LogP contribution < -0.4 is 5.32 Å². The quantitative estimate of drug-likeness (QED) is 0.433. The average Bonchev–Trinajstić information content (AvgIpc) is 3.87. The van der Waals surface area contributed by atoms with Crippen LogP contribution in [0.3, 0.4) is 0 Å².